The molecule has 110 valence electrons. The van der Waals surface area contributed by atoms with E-state index in [9.17, 15) is 9.59 Å². The van der Waals surface area contributed by atoms with Crippen LogP contribution in [0.4, 0.5) is 0 Å². The highest BCUT2D eigenvalue weighted by molar-refractivity contribution is 7.12. The Labute approximate surface area is 125 Å². The quantitative estimate of drug-likeness (QED) is 0.829. The van der Waals surface area contributed by atoms with Crippen molar-refractivity contribution < 1.29 is 24.2 Å². The van der Waals surface area contributed by atoms with Crippen LogP contribution in [-0.4, -0.2) is 24.0 Å². The number of carboxylic acid groups (broad SMARTS) is 1. The molecule has 1 heterocycles. The minimum Gasteiger partial charge on any atom is -0.496 e. The molecular weight excluding hydrogens is 292 g/mol. The van der Waals surface area contributed by atoms with Crippen LogP contribution in [0.2, 0.25) is 0 Å². The van der Waals surface area contributed by atoms with Crippen molar-refractivity contribution in [3.8, 4) is 11.5 Å². The lowest BCUT2D eigenvalue weighted by Crippen LogP contribution is -2.01. The van der Waals surface area contributed by atoms with E-state index in [1.165, 1.54) is 13.0 Å². The van der Waals surface area contributed by atoms with E-state index >= 15 is 0 Å². The number of methoxy groups -OCH3 is 1. The van der Waals surface area contributed by atoms with Gasteiger partial charge >= 0.3 is 5.97 Å². The van der Waals surface area contributed by atoms with E-state index in [2.05, 4.69) is 0 Å². The van der Waals surface area contributed by atoms with E-state index in [0.717, 1.165) is 16.9 Å². The minimum atomic E-state index is -0.981. The third-order valence-electron chi connectivity index (χ3n) is 2.87. The fraction of sp³-hybridized carbons (Fsp3) is 0.200. The summed E-state index contributed by atoms with van der Waals surface area (Å²) in [5.41, 5.74) is 1.30. The Balaban J connectivity index is 2.15. The maximum atomic E-state index is 11.4. The van der Waals surface area contributed by atoms with Crippen molar-refractivity contribution in [3.05, 3.63) is 45.6 Å². The zero-order valence-corrected chi connectivity index (χ0v) is 12.4. The average Bonchev–Trinajstić information content (AvgIpc) is 2.93. The number of carbonyl (C=O) groups excluding carboxylic acids is 1. The van der Waals surface area contributed by atoms with E-state index in [1.54, 1.807) is 30.7 Å². The number of benzene rings is 1. The molecule has 0 aliphatic rings. The zero-order chi connectivity index (χ0) is 15.4. The van der Waals surface area contributed by atoms with Crippen LogP contribution in [0, 0.1) is 0 Å². The fourth-order valence-electron chi connectivity index (χ4n) is 1.78. The lowest BCUT2D eigenvalue weighted by molar-refractivity contribution is 0.0701. The van der Waals surface area contributed by atoms with Gasteiger partial charge in [-0.2, -0.15) is 0 Å². The highest BCUT2D eigenvalue weighted by Gasteiger charge is 2.10. The summed E-state index contributed by atoms with van der Waals surface area (Å²) in [6, 6.07) is 6.59. The number of hydrogen-bond donors (Lipinski definition) is 1. The average molecular weight is 306 g/mol. The molecule has 0 bridgehead atoms. The first kappa shape index (κ1) is 15.1. The van der Waals surface area contributed by atoms with Gasteiger partial charge in [0.1, 0.15) is 23.0 Å². The van der Waals surface area contributed by atoms with Crippen molar-refractivity contribution in [3.63, 3.8) is 0 Å². The molecule has 0 spiro atoms. The highest BCUT2D eigenvalue weighted by Crippen LogP contribution is 2.25. The maximum absolute atomic E-state index is 11.4. The van der Waals surface area contributed by atoms with Gasteiger partial charge in [-0.05, 0) is 25.1 Å². The minimum absolute atomic E-state index is 0.0393. The molecular formula is C15H14O5S. The van der Waals surface area contributed by atoms with Crippen LogP contribution in [0.25, 0.3) is 0 Å². The number of rotatable bonds is 6. The van der Waals surface area contributed by atoms with E-state index in [-0.39, 0.29) is 17.3 Å². The summed E-state index contributed by atoms with van der Waals surface area (Å²) in [6.45, 7) is 1.69. The van der Waals surface area contributed by atoms with Gasteiger partial charge in [0.2, 0.25) is 0 Å². The molecule has 1 aromatic carbocycles. The van der Waals surface area contributed by atoms with Crippen LogP contribution in [0.15, 0.2) is 29.6 Å². The van der Waals surface area contributed by atoms with Gasteiger partial charge < -0.3 is 14.6 Å². The molecule has 1 aromatic heterocycles. The topological polar surface area (TPSA) is 72.8 Å². The third-order valence-corrected chi connectivity index (χ3v) is 3.76. The second-order valence-corrected chi connectivity index (χ2v) is 5.23. The van der Waals surface area contributed by atoms with E-state index in [4.69, 9.17) is 14.6 Å². The molecule has 21 heavy (non-hydrogen) atoms. The van der Waals surface area contributed by atoms with Crippen LogP contribution < -0.4 is 9.47 Å². The molecule has 0 saturated heterocycles. The van der Waals surface area contributed by atoms with E-state index in [1.807, 2.05) is 0 Å². The number of ether oxygens (including phenoxy) is 2. The van der Waals surface area contributed by atoms with Gasteiger partial charge in [0, 0.05) is 22.6 Å². The summed E-state index contributed by atoms with van der Waals surface area (Å²) >= 11 is 1.10. The van der Waals surface area contributed by atoms with Gasteiger partial charge in [-0.1, -0.05) is 0 Å². The van der Waals surface area contributed by atoms with Gasteiger partial charge in [0.05, 0.1) is 7.11 Å². The van der Waals surface area contributed by atoms with Crippen LogP contribution in [-0.2, 0) is 6.61 Å². The Morgan fingerprint density at radius 2 is 2.05 bits per heavy atom. The van der Waals surface area contributed by atoms with Crippen molar-refractivity contribution in [1.29, 1.82) is 0 Å². The van der Waals surface area contributed by atoms with E-state index in [0.29, 0.717) is 17.1 Å². The van der Waals surface area contributed by atoms with Crippen LogP contribution in [0.3, 0.4) is 0 Å². The first-order chi connectivity index (χ1) is 10.0. The van der Waals surface area contributed by atoms with Crippen LogP contribution in [0.5, 0.6) is 11.5 Å². The predicted molar refractivity (Wildman–Crippen MR) is 78.6 cm³/mol. The zero-order valence-electron chi connectivity index (χ0n) is 11.6. The Kier molecular flexibility index (Phi) is 4.59. The number of Topliss-reactive ketones (excluding diaryl/α,β-unsaturated/α-hetero) is 1. The van der Waals surface area contributed by atoms with Gasteiger partial charge in [-0.25, -0.2) is 4.79 Å². The van der Waals surface area contributed by atoms with Crippen molar-refractivity contribution in [1.82, 2.24) is 0 Å². The molecule has 0 unspecified atom stereocenters. The molecule has 1 N–H and O–H groups in total. The molecule has 5 nitrogen and oxygen atoms in total. The lowest BCUT2D eigenvalue weighted by atomic mass is 10.1. The van der Waals surface area contributed by atoms with Crippen molar-refractivity contribution in [2.75, 3.05) is 7.11 Å². The Morgan fingerprint density at radius 3 is 2.62 bits per heavy atom. The molecule has 0 amide bonds. The standard InChI is InChI=1S/C15H14O5S/c1-9(16)10-3-4-13(19-2)11(5-10)7-20-12-6-14(15(17)18)21-8-12/h3-6,8H,7H2,1-2H3,(H,17,18). The Morgan fingerprint density at radius 1 is 1.29 bits per heavy atom. The number of aromatic carboxylic acids is 1. The van der Waals surface area contributed by atoms with Crippen molar-refractivity contribution in [2.45, 2.75) is 13.5 Å². The fourth-order valence-corrected chi connectivity index (χ4v) is 2.44. The summed E-state index contributed by atoms with van der Waals surface area (Å²) in [4.78, 5) is 22.4. The normalized spacial score (nSPS) is 10.2. The molecule has 0 saturated carbocycles. The summed E-state index contributed by atoms with van der Waals surface area (Å²) in [6.07, 6.45) is 0. The van der Waals surface area contributed by atoms with Gasteiger partial charge in [-0.15, -0.1) is 11.3 Å². The Hall–Kier alpha value is -2.34. The van der Waals surface area contributed by atoms with Gasteiger partial charge in [-0.3, -0.25) is 4.79 Å². The second-order valence-electron chi connectivity index (χ2n) is 4.32. The number of carboxylic acids is 1. The monoisotopic (exact) mass is 306 g/mol. The molecule has 6 heteroatoms. The van der Waals surface area contributed by atoms with Crippen LogP contribution in [0.1, 0.15) is 32.5 Å². The molecule has 0 aliphatic heterocycles. The lowest BCUT2D eigenvalue weighted by Gasteiger charge is -2.10. The maximum Gasteiger partial charge on any atom is 0.346 e. The molecule has 0 fully saturated rings. The number of thiophene rings is 1. The second kappa shape index (κ2) is 6.41. The predicted octanol–water partition coefficient (Wildman–Crippen LogP) is 3.24. The molecule has 0 atom stereocenters. The number of hydrogen-bond acceptors (Lipinski definition) is 5. The molecule has 0 radical (unpaired) electrons. The van der Waals surface area contributed by atoms with Crippen molar-refractivity contribution in [2.24, 2.45) is 0 Å². The summed E-state index contributed by atoms with van der Waals surface area (Å²) in [5.74, 6) is 0.0787. The van der Waals surface area contributed by atoms with Crippen molar-refractivity contribution >= 4 is 23.1 Å². The summed E-state index contributed by atoms with van der Waals surface area (Å²) in [7, 11) is 1.54. The first-order valence-corrected chi connectivity index (χ1v) is 7.01. The molecule has 2 rings (SSSR count). The van der Waals surface area contributed by atoms with Gasteiger partial charge in [0.15, 0.2) is 5.78 Å². The Bertz CT molecular complexity index is 674. The first-order valence-electron chi connectivity index (χ1n) is 6.13. The summed E-state index contributed by atoms with van der Waals surface area (Å²) < 4.78 is 10.8. The SMILES string of the molecule is COc1ccc(C(C)=O)cc1COc1csc(C(=O)O)c1. The molecule has 0 aliphatic carbocycles. The van der Waals surface area contributed by atoms with E-state index < -0.39 is 5.97 Å². The number of ketones is 1. The highest BCUT2D eigenvalue weighted by atomic mass is 32.1. The van der Waals surface area contributed by atoms with Crippen LogP contribution >= 0.6 is 11.3 Å². The third kappa shape index (κ3) is 3.61. The molecule has 2 aromatic rings. The number of carbonyl (C=O) groups is 2. The smallest absolute Gasteiger partial charge is 0.346 e. The van der Waals surface area contributed by atoms with Gasteiger partial charge in [0.25, 0.3) is 0 Å². The largest absolute Gasteiger partial charge is 0.496 e. The summed E-state index contributed by atoms with van der Waals surface area (Å²) in [5, 5.41) is 10.5.